The third-order valence-corrected chi connectivity index (χ3v) is 4.93. The van der Waals surface area contributed by atoms with Crippen LogP contribution in [0.1, 0.15) is 49.6 Å². The third-order valence-electron chi connectivity index (χ3n) is 4.16. The van der Waals surface area contributed by atoms with Crippen molar-refractivity contribution in [2.75, 3.05) is 4.90 Å². The number of esters is 1. The normalized spacial score (nSPS) is 16.5. The van der Waals surface area contributed by atoms with Gasteiger partial charge in [-0.15, -0.1) is 11.3 Å². The maximum absolute atomic E-state index is 12.9. The SMILES string of the molecule is CC(OC(=O)c1ccco1)C(=O)N(c1nccs1)C1CCCCC1. The Morgan fingerprint density at radius 2 is 2.17 bits per heavy atom. The maximum atomic E-state index is 12.9. The largest absolute Gasteiger partial charge is 0.457 e. The summed E-state index contributed by atoms with van der Waals surface area (Å²) >= 11 is 1.42. The van der Waals surface area contributed by atoms with E-state index in [1.165, 1.54) is 30.1 Å². The first-order chi connectivity index (χ1) is 11.7. The lowest BCUT2D eigenvalue weighted by Gasteiger charge is -2.33. The first-order valence-electron chi connectivity index (χ1n) is 8.14. The zero-order valence-corrected chi connectivity index (χ0v) is 14.3. The van der Waals surface area contributed by atoms with Crippen LogP contribution in [0.5, 0.6) is 0 Å². The van der Waals surface area contributed by atoms with Gasteiger partial charge >= 0.3 is 5.97 Å². The smallest absolute Gasteiger partial charge is 0.374 e. The molecule has 2 aromatic heterocycles. The Bertz CT molecular complexity index is 663. The number of carbonyl (C=O) groups excluding carboxylic acids is 2. The van der Waals surface area contributed by atoms with Gasteiger partial charge in [-0.3, -0.25) is 9.69 Å². The average molecular weight is 348 g/mol. The lowest BCUT2D eigenvalue weighted by Crippen LogP contribution is -2.47. The van der Waals surface area contributed by atoms with Crippen LogP contribution in [0.3, 0.4) is 0 Å². The number of amides is 1. The average Bonchev–Trinajstić information content (AvgIpc) is 3.30. The molecule has 7 heteroatoms. The van der Waals surface area contributed by atoms with Gasteiger partial charge in [0.15, 0.2) is 11.2 Å². The molecule has 0 spiro atoms. The summed E-state index contributed by atoms with van der Waals surface area (Å²) in [4.78, 5) is 30.9. The van der Waals surface area contributed by atoms with Gasteiger partial charge in [-0.25, -0.2) is 9.78 Å². The fourth-order valence-electron chi connectivity index (χ4n) is 2.96. The van der Waals surface area contributed by atoms with Gasteiger partial charge in [0.05, 0.1) is 6.26 Å². The van der Waals surface area contributed by atoms with E-state index in [0.29, 0.717) is 5.13 Å². The molecule has 1 atom stereocenters. The second-order valence-corrected chi connectivity index (χ2v) is 6.71. The molecule has 0 aromatic carbocycles. The monoisotopic (exact) mass is 348 g/mol. The van der Waals surface area contributed by atoms with Crippen LogP contribution in [0.25, 0.3) is 0 Å². The number of rotatable bonds is 5. The van der Waals surface area contributed by atoms with Crippen molar-refractivity contribution >= 4 is 28.3 Å². The van der Waals surface area contributed by atoms with Gasteiger partial charge in [-0.1, -0.05) is 19.3 Å². The number of ether oxygens (including phenoxy) is 1. The predicted octanol–water partition coefficient (Wildman–Crippen LogP) is 3.65. The fourth-order valence-corrected chi connectivity index (χ4v) is 3.68. The van der Waals surface area contributed by atoms with E-state index < -0.39 is 12.1 Å². The van der Waals surface area contributed by atoms with Crippen LogP contribution in [0.4, 0.5) is 5.13 Å². The second kappa shape index (κ2) is 7.61. The molecular formula is C17H20N2O4S. The lowest BCUT2D eigenvalue weighted by molar-refractivity contribution is -0.127. The summed E-state index contributed by atoms with van der Waals surface area (Å²) in [5.41, 5.74) is 0. The van der Waals surface area contributed by atoms with Crippen LogP contribution in [0.2, 0.25) is 0 Å². The topological polar surface area (TPSA) is 72.6 Å². The number of hydrogen-bond donors (Lipinski definition) is 0. The number of carbonyl (C=O) groups is 2. The van der Waals surface area contributed by atoms with Crippen molar-refractivity contribution in [3.63, 3.8) is 0 Å². The summed E-state index contributed by atoms with van der Waals surface area (Å²) in [5, 5.41) is 2.51. The highest BCUT2D eigenvalue weighted by Gasteiger charge is 2.33. The first kappa shape index (κ1) is 16.7. The molecule has 1 aliphatic carbocycles. The molecule has 128 valence electrons. The standard InChI is InChI=1S/C17H20N2O4S/c1-12(23-16(21)14-8-5-10-22-14)15(20)19(17-18-9-11-24-17)13-6-3-2-4-7-13/h5,8-13H,2-4,6-7H2,1H3. The number of aromatic nitrogens is 1. The van der Waals surface area contributed by atoms with Gasteiger partial charge in [0.2, 0.25) is 5.76 Å². The minimum atomic E-state index is -0.895. The number of anilines is 1. The summed E-state index contributed by atoms with van der Waals surface area (Å²) in [6.45, 7) is 1.59. The molecule has 1 amide bonds. The van der Waals surface area contributed by atoms with E-state index in [-0.39, 0.29) is 17.7 Å². The van der Waals surface area contributed by atoms with E-state index in [9.17, 15) is 9.59 Å². The summed E-state index contributed by atoms with van der Waals surface area (Å²) in [5.74, 6) is -0.784. The van der Waals surface area contributed by atoms with Crippen LogP contribution in [0, 0.1) is 0 Å². The molecule has 3 rings (SSSR count). The number of nitrogens with zero attached hydrogens (tertiary/aromatic N) is 2. The van der Waals surface area contributed by atoms with Crippen LogP contribution in [0.15, 0.2) is 34.4 Å². The Morgan fingerprint density at radius 3 is 2.79 bits per heavy atom. The third kappa shape index (κ3) is 3.67. The van der Waals surface area contributed by atoms with E-state index in [1.54, 1.807) is 24.1 Å². The summed E-state index contributed by atoms with van der Waals surface area (Å²) in [6, 6.07) is 3.23. The molecule has 1 fully saturated rings. The minimum Gasteiger partial charge on any atom is -0.457 e. The zero-order chi connectivity index (χ0) is 16.9. The molecule has 0 saturated heterocycles. The highest BCUT2D eigenvalue weighted by atomic mass is 32.1. The number of thiazole rings is 1. The van der Waals surface area contributed by atoms with Gasteiger partial charge in [-0.05, 0) is 31.9 Å². The second-order valence-electron chi connectivity index (χ2n) is 5.84. The van der Waals surface area contributed by atoms with Crippen LogP contribution < -0.4 is 4.90 Å². The molecule has 6 nitrogen and oxygen atoms in total. The Morgan fingerprint density at radius 1 is 1.38 bits per heavy atom. The van der Waals surface area contributed by atoms with Gasteiger partial charge in [0.1, 0.15) is 0 Å². The molecular weight excluding hydrogens is 328 g/mol. The summed E-state index contributed by atoms with van der Waals surface area (Å²) < 4.78 is 10.3. The Hall–Kier alpha value is -2.15. The van der Waals surface area contributed by atoms with Crippen molar-refractivity contribution in [3.05, 3.63) is 35.7 Å². The molecule has 1 unspecified atom stereocenters. The van der Waals surface area contributed by atoms with E-state index >= 15 is 0 Å². The van der Waals surface area contributed by atoms with Crippen molar-refractivity contribution in [1.82, 2.24) is 4.98 Å². The quantitative estimate of drug-likeness (QED) is 0.771. The van der Waals surface area contributed by atoms with Gasteiger partial charge in [0.25, 0.3) is 5.91 Å². The van der Waals surface area contributed by atoms with E-state index in [1.807, 2.05) is 5.38 Å². The van der Waals surface area contributed by atoms with E-state index in [2.05, 4.69) is 4.98 Å². The summed E-state index contributed by atoms with van der Waals surface area (Å²) in [6.07, 6.45) is 7.47. The Kier molecular flexibility index (Phi) is 5.30. The predicted molar refractivity (Wildman–Crippen MR) is 90.1 cm³/mol. The highest BCUT2D eigenvalue weighted by molar-refractivity contribution is 7.13. The number of hydrogen-bond acceptors (Lipinski definition) is 6. The van der Waals surface area contributed by atoms with Crippen LogP contribution in [-0.4, -0.2) is 29.0 Å². The van der Waals surface area contributed by atoms with Crippen molar-refractivity contribution in [3.8, 4) is 0 Å². The highest BCUT2D eigenvalue weighted by Crippen LogP contribution is 2.29. The number of furan rings is 1. The van der Waals surface area contributed by atoms with Crippen LogP contribution in [-0.2, 0) is 9.53 Å². The molecule has 0 radical (unpaired) electrons. The Balaban J connectivity index is 1.74. The van der Waals surface area contributed by atoms with Crippen LogP contribution >= 0.6 is 11.3 Å². The summed E-state index contributed by atoms with van der Waals surface area (Å²) in [7, 11) is 0. The van der Waals surface area contributed by atoms with Gasteiger partial charge in [-0.2, -0.15) is 0 Å². The molecule has 0 N–H and O–H groups in total. The molecule has 24 heavy (non-hydrogen) atoms. The van der Waals surface area contributed by atoms with Crippen molar-refractivity contribution in [2.45, 2.75) is 51.2 Å². The maximum Gasteiger partial charge on any atom is 0.374 e. The molecule has 1 aliphatic rings. The Labute approximate surface area is 144 Å². The van der Waals surface area contributed by atoms with Gasteiger partial charge < -0.3 is 9.15 Å². The molecule has 0 aliphatic heterocycles. The van der Waals surface area contributed by atoms with E-state index in [4.69, 9.17) is 9.15 Å². The fraction of sp³-hybridized carbons (Fsp3) is 0.471. The lowest BCUT2D eigenvalue weighted by atomic mass is 9.94. The molecule has 0 bridgehead atoms. The van der Waals surface area contributed by atoms with Gasteiger partial charge in [0, 0.05) is 17.6 Å². The van der Waals surface area contributed by atoms with Crippen molar-refractivity contribution < 1.29 is 18.7 Å². The molecule has 1 saturated carbocycles. The van der Waals surface area contributed by atoms with E-state index in [0.717, 1.165) is 25.7 Å². The van der Waals surface area contributed by atoms with Crippen molar-refractivity contribution in [2.24, 2.45) is 0 Å². The molecule has 2 heterocycles. The minimum absolute atomic E-state index is 0.0908. The molecule has 2 aromatic rings. The zero-order valence-electron chi connectivity index (χ0n) is 13.5. The first-order valence-corrected chi connectivity index (χ1v) is 9.02. The van der Waals surface area contributed by atoms with Crippen molar-refractivity contribution in [1.29, 1.82) is 0 Å².